The summed E-state index contributed by atoms with van der Waals surface area (Å²) in [6.45, 7) is 1.81. The van der Waals surface area contributed by atoms with Crippen LogP contribution >= 0.6 is 0 Å². The Morgan fingerprint density at radius 1 is 1.13 bits per heavy atom. The van der Waals surface area contributed by atoms with E-state index in [0.29, 0.717) is 22.4 Å². The number of nitrogens with zero attached hydrogens (tertiary/aromatic N) is 2. The van der Waals surface area contributed by atoms with Gasteiger partial charge in [0, 0.05) is 23.2 Å². The number of esters is 1. The van der Waals surface area contributed by atoms with Gasteiger partial charge in [-0.15, -0.1) is 0 Å². The van der Waals surface area contributed by atoms with E-state index in [4.69, 9.17) is 4.74 Å². The van der Waals surface area contributed by atoms with Crippen LogP contribution in [0.2, 0.25) is 0 Å². The van der Waals surface area contributed by atoms with Gasteiger partial charge in [0.15, 0.2) is 0 Å². The van der Waals surface area contributed by atoms with Gasteiger partial charge in [-0.05, 0) is 30.7 Å². The van der Waals surface area contributed by atoms with Crippen LogP contribution < -0.4 is 10.6 Å². The second-order valence-corrected chi connectivity index (χ2v) is 6.32. The predicted octanol–water partition coefficient (Wildman–Crippen LogP) is 2.83. The van der Waals surface area contributed by atoms with Crippen molar-refractivity contribution < 1.29 is 19.4 Å². The van der Waals surface area contributed by atoms with Crippen molar-refractivity contribution in [2.75, 3.05) is 23.8 Å². The Morgan fingerprint density at radius 2 is 1.93 bits per heavy atom. The molecule has 3 rings (SSSR count). The minimum atomic E-state index is -0.581. The van der Waals surface area contributed by atoms with Crippen LogP contribution in [0.25, 0.3) is 10.9 Å². The number of fused-ring (bicyclic) bond motifs is 1. The van der Waals surface area contributed by atoms with Crippen LogP contribution in [0.4, 0.5) is 11.5 Å². The lowest BCUT2D eigenvalue weighted by atomic mass is 10.1. The van der Waals surface area contributed by atoms with Crippen molar-refractivity contribution >= 4 is 34.3 Å². The number of aliphatic hydroxyl groups is 1. The number of carbonyl (C=O) groups is 2. The molecule has 0 aliphatic heterocycles. The normalized spacial score (nSPS) is 11.9. The predicted molar refractivity (Wildman–Crippen MR) is 114 cm³/mol. The summed E-state index contributed by atoms with van der Waals surface area (Å²) in [5, 5.41) is 16.4. The van der Waals surface area contributed by atoms with Crippen molar-refractivity contribution in [2.24, 2.45) is 0 Å². The maximum atomic E-state index is 12.1. The highest BCUT2D eigenvalue weighted by Gasteiger charge is 2.13. The molecule has 0 fully saturated rings. The molecule has 1 aromatic heterocycles. The van der Waals surface area contributed by atoms with E-state index >= 15 is 0 Å². The van der Waals surface area contributed by atoms with E-state index in [-0.39, 0.29) is 19.3 Å². The molecule has 8 heteroatoms. The lowest BCUT2D eigenvalue weighted by molar-refractivity contribution is -0.137. The SMILES string of the molecule is CCOC(=O)C=CC(=O)Nc1ccc2ncnc(N[C@H](CO)c3ccccc3)c2c1. The summed E-state index contributed by atoms with van der Waals surface area (Å²) in [5.74, 6) is -0.519. The molecule has 0 spiro atoms. The fourth-order valence-electron chi connectivity index (χ4n) is 2.85. The Kier molecular flexibility index (Phi) is 7.07. The molecule has 1 heterocycles. The molecule has 0 saturated carbocycles. The minimum absolute atomic E-state index is 0.120. The second kappa shape index (κ2) is 10.1. The highest BCUT2D eigenvalue weighted by molar-refractivity contribution is 6.04. The molecule has 30 heavy (non-hydrogen) atoms. The topological polar surface area (TPSA) is 113 Å². The number of rotatable bonds is 8. The first-order valence-corrected chi connectivity index (χ1v) is 9.43. The lowest BCUT2D eigenvalue weighted by Gasteiger charge is -2.18. The molecular weight excluding hydrogens is 384 g/mol. The van der Waals surface area contributed by atoms with Gasteiger partial charge in [-0.3, -0.25) is 4.79 Å². The Labute approximate surface area is 173 Å². The van der Waals surface area contributed by atoms with Crippen LogP contribution in [0.5, 0.6) is 0 Å². The summed E-state index contributed by atoms with van der Waals surface area (Å²) >= 11 is 0. The molecule has 154 valence electrons. The van der Waals surface area contributed by atoms with Gasteiger partial charge < -0.3 is 20.5 Å². The maximum Gasteiger partial charge on any atom is 0.330 e. The average molecular weight is 406 g/mol. The van der Waals surface area contributed by atoms with Gasteiger partial charge in [-0.2, -0.15) is 0 Å². The van der Waals surface area contributed by atoms with Crippen LogP contribution in [-0.4, -0.2) is 40.2 Å². The molecule has 1 atom stereocenters. The number of anilines is 2. The molecule has 0 aliphatic carbocycles. The number of hydrogen-bond acceptors (Lipinski definition) is 7. The van der Waals surface area contributed by atoms with E-state index in [1.807, 2.05) is 30.3 Å². The van der Waals surface area contributed by atoms with Gasteiger partial charge in [-0.1, -0.05) is 30.3 Å². The number of carbonyl (C=O) groups excluding carboxylic acids is 2. The summed E-state index contributed by atoms with van der Waals surface area (Å²) in [5.41, 5.74) is 2.11. The zero-order valence-electron chi connectivity index (χ0n) is 16.4. The second-order valence-electron chi connectivity index (χ2n) is 6.32. The van der Waals surface area contributed by atoms with Crippen molar-refractivity contribution in [1.82, 2.24) is 9.97 Å². The first-order valence-electron chi connectivity index (χ1n) is 9.43. The van der Waals surface area contributed by atoms with E-state index in [1.54, 1.807) is 25.1 Å². The van der Waals surface area contributed by atoms with Gasteiger partial charge >= 0.3 is 5.97 Å². The van der Waals surface area contributed by atoms with Crippen molar-refractivity contribution in [3.63, 3.8) is 0 Å². The summed E-state index contributed by atoms with van der Waals surface area (Å²) in [6, 6.07) is 14.4. The van der Waals surface area contributed by atoms with E-state index in [1.165, 1.54) is 6.33 Å². The first kappa shape index (κ1) is 20.9. The molecule has 0 unspecified atom stereocenters. The number of benzene rings is 2. The average Bonchev–Trinajstić information content (AvgIpc) is 2.77. The van der Waals surface area contributed by atoms with E-state index < -0.39 is 11.9 Å². The summed E-state index contributed by atoms with van der Waals surface area (Å²) in [6.07, 6.45) is 3.62. The summed E-state index contributed by atoms with van der Waals surface area (Å²) in [4.78, 5) is 31.9. The third-order valence-electron chi connectivity index (χ3n) is 4.26. The monoisotopic (exact) mass is 406 g/mol. The molecule has 0 radical (unpaired) electrons. The van der Waals surface area contributed by atoms with Crippen molar-refractivity contribution in [1.29, 1.82) is 0 Å². The van der Waals surface area contributed by atoms with E-state index in [2.05, 4.69) is 20.6 Å². The minimum Gasteiger partial charge on any atom is -0.463 e. The summed E-state index contributed by atoms with van der Waals surface area (Å²) in [7, 11) is 0. The van der Waals surface area contributed by atoms with Gasteiger partial charge in [0.05, 0.1) is 24.8 Å². The molecule has 8 nitrogen and oxygen atoms in total. The zero-order valence-corrected chi connectivity index (χ0v) is 16.4. The van der Waals surface area contributed by atoms with Gasteiger partial charge in [0.1, 0.15) is 12.1 Å². The number of ether oxygens (including phenoxy) is 1. The Hall–Kier alpha value is -3.78. The molecule has 2 aromatic carbocycles. The van der Waals surface area contributed by atoms with Crippen molar-refractivity contribution in [3.8, 4) is 0 Å². The van der Waals surface area contributed by atoms with Crippen molar-refractivity contribution in [3.05, 3.63) is 72.6 Å². The molecular formula is C22H22N4O4. The molecule has 3 N–H and O–H groups in total. The molecule has 1 amide bonds. The highest BCUT2D eigenvalue weighted by atomic mass is 16.5. The quantitative estimate of drug-likeness (QED) is 0.389. The number of aliphatic hydroxyl groups excluding tert-OH is 1. The van der Waals surface area contributed by atoms with E-state index in [9.17, 15) is 14.7 Å². The summed E-state index contributed by atoms with van der Waals surface area (Å²) < 4.78 is 4.75. The van der Waals surface area contributed by atoms with Gasteiger partial charge in [0.25, 0.3) is 0 Å². The molecule has 0 aliphatic rings. The molecule has 3 aromatic rings. The highest BCUT2D eigenvalue weighted by Crippen LogP contribution is 2.26. The Bertz CT molecular complexity index is 1050. The third kappa shape index (κ3) is 5.39. The fourth-order valence-corrected chi connectivity index (χ4v) is 2.85. The lowest BCUT2D eigenvalue weighted by Crippen LogP contribution is -2.16. The largest absolute Gasteiger partial charge is 0.463 e. The number of nitrogens with one attached hydrogen (secondary N) is 2. The standard InChI is InChI=1S/C22H22N4O4/c1-2-30-21(29)11-10-20(28)25-16-8-9-18-17(12-16)22(24-14-23-18)26-19(13-27)15-6-4-3-5-7-15/h3-12,14,19,27H,2,13H2,1H3,(H,25,28)(H,23,24,26)/t19-/m1/s1. The van der Waals surface area contributed by atoms with E-state index in [0.717, 1.165) is 17.7 Å². The van der Waals surface area contributed by atoms with Crippen LogP contribution in [0, 0.1) is 0 Å². The molecule has 0 saturated heterocycles. The van der Waals surface area contributed by atoms with Crippen molar-refractivity contribution in [2.45, 2.75) is 13.0 Å². The maximum absolute atomic E-state index is 12.1. The number of amides is 1. The fraction of sp³-hybridized carbons (Fsp3) is 0.182. The van der Waals surface area contributed by atoms with Gasteiger partial charge in [-0.25, -0.2) is 14.8 Å². The van der Waals surface area contributed by atoms with Gasteiger partial charge in [0.2, 0.25) is 5.91 Å². The number of aromatic nitrogens is 2. The van der Waals surface area contributed by atoms with Crippen LogP contribution in [0.15, 0.2) is 67.0 Å². The Morgan fingerprint density at radius 3 is 2.67 bits per heavy atom. The first-order chi connectivity index (χ1) is 14.6. The van der Waals surface area contributed by atoms with Crippen LogP contribution in [0.3, 0.4) is 0 Å². The van der Waals surface area contributed by atoms with Crippen LogP contribution in [0.1, 0.15) is 18.5 Å². The number of hydrogen-bond donors (Lipinski definition) is 3. The zero-order chi connectivity index (χ0) is 21.3. The molecule has 0 bridgehead atoms. The Balaban J connectivity index is 1.81. The third-order valence-corrected chi connectivity index (χ3v) is 4.26. The smallest absolute Gasteiger partial charge is 0.330 e. The van der Waals surface area contributed by atoms with Crippen LogP contribution in [-0.2, 0) is 14.3 Å².